The molecule has 1 aliphatic heterocycles. The SMILES string of the molecule is Clc1cc(Br)ccc1NCCc1ccc2c(c1)CCO2. The van der Waals surface area contributed by atoms with Crippen molar-refractivity contribution < 1.29 is 4.74 Å². The molecule has 0 bridgehead atoms. The zero-order chi connectivity index (χ0) is 13.9. The molecule has 0 amide bonds. The van der Waals surface area contributed by atoms with E-state index in [-0.39, 0.29) is 0 Å². The summed E-state index contributed by atoms with van der Waals surface area (Å²) in [4.78, 5) is 0. The fourth-order valence-electron chi connectivity index (χ4n) is 2.37. The van der Waals surface area contributed by atoms with Gasteiger partial charge in [0.05, 0.1) is 17.3 Å². The van der Waals surface area contributed by atoms with E-state index in [0.29, 0.717) is 0 Å². The quantitative estimate of drug-likeness (QED) is 0.862. The van der Waals surface area contributed by atoms with Gasteiger partial charge < -0.3 is 10.1 Å². The summed E-state index contributed by atoms with van der Waals surface area (Å²) in [6, 6.07) is 12.3. The van der Waals surface area contributed by atoms with E-state index in [2.05, 4.69) is 39.4 Å². The maximum atomic E-state index is 6.18. The number of halogens is 2. The lowest BCUT2D eigenvalue weighted by molar-refractivity contribution is 0.357. The Morgan fingerprint density at radius 3 is 2.95 bits per heavy atom. The maximum Gasteiger partial charge on any atom is 0.122 e. The average Bonchev–Trinajstić information content (AvgIpc) is 2.89. The first kappa shape index (κ1) is 13.8. The Balaban J connectivity index is 1.60. The molecule has 0 saturated heterocycles. The number of fused-ring (bicyclic) bond motifs is 1. The second-order valence-electron chi connectivity index (χ2n) is 4.84. The molecular formula is C16H15BrClNO. The van der Waals surface area contributed by atoms with Gasteiger partial charge in [0, 0.05) is 17.4 Å². The van der Waals surface area contributed by atoms with Crippen LogP contribution in [0.3, 0.4) is 0 Å². The van der Waals surface area contributed by atoms with Crippen LogP contribution in [0.25, 0.3) is 0 Å². The van der Waals surface area contributed by atoms with Gasteiger partial charge in [0.15, 0.2) is 0 Å². The van der Waals surface area contributed by atoms with Gasteiger partial charge in [-0.2, -0.15) is 0 Å². The van der Waals surface area contributed by atoms with Crippen LogP contribution in [0.15, 0.2) is 40.9 Å². The summed E-state index contributed by atoms with van der Waals surface area (Å²) in [5.41, 5.74) is 3.62. The summed E-state index contributed by atoms with van der Waals surface area (Å²) in [7, 11) is 0. The van der Waals surface area contributed by atoms with E-state index >= 15 is 0 Å². The summed E-state index contributed by atoms with van der Waals surface area (Å²) < 4.78 is 6.51. The second kappa shape index (κ2) is 6.06. The molecule has 4 heteroatoms. The van der Waals surface area contributed by atoms with Gasteiger partial charge >= 0.3 is 0 Å². The standard InChI is InChI=1S/C16H15BrClNO/c17-13-2-3-15(14(18)10-13)19-7-5-11-1-4-16-12(9-11)6-8-20-16/h1-4,9-10,19H,5-8H2. The minimum Gasteiger partial charge on any atom is -0.493 e. The first-order valence-corrected chi connectivity index (χ1v) is 7.83. The van der Waals surface area contributed by atoms with Crippen LogP contribution in [-0.4, -0.2) is 13.2 Å². The van der Waals surface area contributed by atoms with Crippen molar-refractivity contribution in [3.05, 3.63) is 57.0 Å². The van der Waals surface area contributed by atoms with Gasteiger partial charge in [0.25, 0.3) is 0 Å². The smallest absolute Gasteiger partial charge is 0.122 e. The molecule has 0 saturated carbocycles. The van der Waals surface area contributed by atoms with Crippen molar-refractivity contribution in [3.8, 4) is 5.75 Å². The van der Waals surface area contributed by atoms with E-state index < -0.39 is 0 Å². The van der Waals surface area contributed by atoms with E-state index in [9.17, 15) is 0 Å². The van der Waals surface area contributed by atoms with E-state index in [1.807, 2.05) is 18.2 Å². The van der Waals surface area contributed by atoms with Gasteiger partial charge in [-0.1, -0.05) is 39.7 Å². The molecule has 0 unspecified atom stereocenters. The lowest BCUT2D eigenvalue weighted by Crippen LogP contribution is -2.05. The third-order valence-corrected chi connectivity index (χ3v) is 4.22. The highest BCUT2D eigenvalue weighted by molar-refractivity contribution is 9.10. The van der Waals surface area contributed by atoms with Crippen LogP contribution in [0.5, 0.6) is 5.75 Å². The molecule has 1 heterocycles. The summed E-state index contributed by atoms with van der Waals surface area (Å²) in [5, 5.41) is 4.11. The number of benzene rings is 2. The topological polar surface area (TPSA) is 21.3 Å². The second-order valence-corrected chi connectivity index (χ2v) is 6.16. The first-order chi connectivity index (χ1) is 9.72. The Hall–Kier alpha value is -1.19. The van der Waals surface area contributed by atoms with Gasteiger partial charge in [-0.25, -0.2) is 0 Å². The predicted molar refractivity (Wildman–Crippen MR) is 87.0 cm³/mol. The molecule has 0 aliphatic carbocycles. The molecule has 0 atom stereocenters. The third-order valence-electron chi connectivity index (χ3n) is 3.41. The summed E-state index contributed by atoms with van der Waals surface area (Å²) in [6.45, 7) is 1.67. The van der Waals surface area contributed by atoms with Crippen molar-refractivity contribution in [2.24, 2.45) is 0 Å². The summed E-state index contributed by atoms with van der Waals surface area (Å²) >= 11 is 9.58. The Labute approximate surface area is 132 Å². The molecular weight excluding hydrogens is 338 g/mol. The largest absolute Gasteiger partial charge is 0.493 e. The van der Waals surface area contributed by atoms with Crippen LogP contribution in [0.4, 0.5) is 5.69 Å². The van der Waals surface area contributed by atoms with Gasteiger partial charge in [-0.3, -0.25) is 0 Å². The molecule has 20 heavy (non-hydrogen) atoms. The lowest BCUT2D eigenvalue weighted by Gasteiger charge is -2.09. The van der Waals surface area contributed by atoms with Crippen molar-refractivity contribution in [1.82, 2.24) is 0 Å². The van der Waals surface area contributed by atoms with Gasteiger partial charge in [0.2, 0.25) is 0 Å². The zero-order valence-electron chi connectivity index (χ0n) is 11.0. The molecule has 0 aromatic heterocycles. The van der Waals surface area contributed by atoms with Gasteiger partial charge in [-0.15, -0.1) is 0 Å². The molecule has 3 rings (SSSR count). The molecule has 0 radical (unpaired) electrons. The van der Waals surface area contributed by atoms with Gasteiger partial charge in [0.1, 0.15) is 5.75 Å². The number of nitrogens with one attached hydrogen (secondary N) is 1. The highest BCUT2D eigenvalue weighted by Crippen LogP contribution is 2.27. The predicted octanol–water partition coefficient (Wildman–Crippen LogP) is 4.69. The Morgan fingerprint density at radius 1 is 1.20 bits per heavy atom. The number of hydrogen-bond donors (Lipinski definition) is 1. The normalized spacial score (nSPS) is 12.9. The maximum absolute atomic E-state index is 6.18. The Kier molecular flexibility index (Phi) is 4.18. The van der Waals surface area contributed by atoms with Crippen molar-refractivity contribution in [2.75, 3.05) is 18.5 Å². The van der Waals surface area contributed by atoms with Crippen LogP contribution >= 0.6 is 27.5 Å². The van der Waals surface area contributed by atoms with Crippen molar-refractivity contribution in [3.63, 3.8) is 0 Å². The molecule has 2 aromatic carbocycles. The molecule has 0 spiro atoms. The summed E-state index contributed by atoms with van der Waals surface area (Å²) in [5.74, 6) is 1.04. The highest BCUT2D eigenvalue weighted by Gasteiger charge is 2.11. The number of hydrogen-bond acceptors (Lipinski definition) is 2. The minimum atomic E-state index is 0.738. The Morgan fingerprint density at radius 2 is 2.10 bits per heavy atom. The Bertz CT molecular complexity index is 630. The minimum absolute atomic E-state index is 0.738. The van der Waals surface area contributed by atoms with Crippen LogP contribution < -0.4 is 10.1 Å². The molecule has 2 nitrogen and oxygen atoms in total. The fourth-order valence-corrected chi connectivity index (χ4v) is 3.11. The van der Waals surface area contributed by atoms with E-state index in [1.165, 1.54) is 11.1 Å². The average molecular weight is 353 g/mol. The van der Waals surface area contributed by atoms with Gasteiger partial charge in [-0.05, 0) is 41.8 Å². The van der Waals surface area contributed by atoms with Crippen molar-refractivity contribution >= 4 is 33.2 Å². The van der Waals surface area contributed by atoms with Crippen LogP contribution in [0.2, 0.25) is 5.02 Å². The number of rotatable bonds is 4. The molecule has 104 valence electrons. The number of ether oxygens (including phenoxy) is 1. The monoisotopic (exact) mass is 351 g/mol. The van der Waals surface area contributed by atoms with Crippen LogP contribution in [0.1, 0.15) is 11.1 Å². The van der Waals surface area contributed by atoms with Crippen molar-refractivity contribution in [2.45, 2.75) is 12.8 Å². The van der Waals surface area contributed by atoms with E-state index in [0.717, 1.165) is 46.9 Å². The molecule has 1 N–H and O–H groups in total. The summed E-state index contributed by atoms with van der Waals surface area (Å²) in [6.07, 6.45) is 1.99. The van der Waals surface area contributed by atoms with E-state index in [1.54, 1.807) is 0 Å². The highest BCUT2D eigenvalue weighted by atomic mass is 79.9. The first-order valence-electron chi connectivity index (χ1n) is 6.66. The number of anilines is 1. The molecule has 0 fully saturated rings. The fraction of sp³-hybridized carbons (Fsp3) is 0.250. The lowest BCUT2D eigenvalue weighted by atomic mass is 10.1. The van der Waals surface area contributed by atoms with Crippen molar-refractivity contribution in [1.29, 1.82) is 0 Å². The molecule has 1 aliphatic rings. The third kappa shape index (κ3) is 3.10. The molecule has 2 aromatic rings. The van der Waals surface area contributed by atoms with Crippen LogP contribution in [-0.2, 0) is 12.8 Å². The zero-order valence-corrected chi connectivity index (χ0v) is 13.3. The van der Waals surface area contributed by atoms with E-state index in [4.69, 9.17) is 16.3 Å². The van der Waals surface area contributed by atoms with Crippen LogP contribution in [0, 0.1) is 0 Å².